The molecule has 0 aromatic carbocycles. The third-order valence-electron chi connectivity index (χ3n) is 7.20. The van der Waals surface area contributed by atoms with Gasteiger partial charge >= 0.3 is 5.97 Å². The van der Waals surface area contributed by atoms with E-state index >= 15 is 0 Å². The van der Waals surface area contributed by atoms with Crippen LogP contribution < -0.4 is 0 Å². The molecule has 2 aliphatic rings. The van der Waals surface area contributed by atoms with E-state index in [1.165, 1.54) is 12.5 Å². The number of fused-ring (bicyclic) bond motifs is 1. The van der Waals surface area contributed by atoms with Crippen LogP contribution in [0.25, 0.3) is 0 Å². The Morgan fingerprint density at radius 1 is 1.40 bits per heavy atom. The molecule has 142 valence electrons. The minimum Gasteiger partial charge on any atom is -0.462 e. The van der Waals surface area contributed by atoms with Gasteiger partial charge in [-0.2, -0.15) is 0 Å². The van der Waals surface area contributed by atoms with Gasteiger partial charge in [-0.1, -0.05) is 39.0 Å². The van der Waals surface area contributed by atoms with Crippen molar-refractivity contribution in [1.29, 1.82) is 0 Å². The number of rotatable bonds is 5. The average Bonchev–Trinajstić information content (AvgIpc) is 2.49. The summed E-state index contributed by atoms with van der Waals surface area (Å²) in [5.74, 6) is 0.706. The zero-order chi connectivity index (χ0) is 19.0. The molecule has 0 unspecified atom stereocenters. The number of carbonyl (C=O) groups excluding carboxylic acids is 1. The second-order valence-corrected chi connectivity index (χ2v) is 9.37. The second-order valence-electron chi connectivity index (χ2n) is 9.37. The van der Waals surface area contributed by atoms with E-state index in [1.807, 2.05) is 6.92 Å². The standard InChI is InChI=1S/C22H36O3/c1-8-21(6,24)13-11-17-15(2)9-10-18-20(4,5)19(25-16(3)23)12-14-22(17,18)7/h8,17-19,24H,1-2,9-14H2,3-7H3/t17-,18-,19+,21+,22+/m0/s1. The molecule has 3 heteroatoms. The number of esters is 1. The van der Waals surface area contributed by atoms with Crippen LogP contribution in [-0.2, 0) is 9.53 Å². The van der Waals surface area contributed by atoms with E-state index in [-0.39, 0.29) is 22.9 Å². The molecule has 0 amide bonds. The Labute approximate surface area is 153 Å². The number of hydrogen-bond acceptors (Lipinski definition) is 3. The molecular weight excluding hydrogens is 312 g/mol. The van der Waals surface area contributed by atoms with Crippen LogP contribution in [0.2, 0.25) is 0 Å². The fourth-order valence-corrected chi connectivity index (χ4v) is 5.64. The van der Waals surface area contributed by atoms with Crippen LogP contribution in [0.5, 0.6) is 0 Å². The molecule has 3 nitrogen and oxygen atoms in total. The van der Waals surface area contributed by atoms with Crippen molar-refractivity contribution < 1.29 is 14.6 Å². The molecule has 0 bridgehead atoms. The topological polar surface area (TPSA) is 46.5 Å². The molecule has 0 aromatic heterocycles. The molecule has 5 atom stereocenters. The summed E-state index contributed by atoms with van der Waals surface area (Å²) in [5.41, 5.74) is 0.597. The highest BCUT2D eigenvalue weighted by Crippen LogP contribution is 2.62. The van der Waals surface area contributed by atoms with Gasteiger partial charge in [0.15, 0.2) is 0 Å². The predicted molar refractivity (Wildman–Crippen MR) is 102 cm³/mol. The molecule has 0 aromatic rings. The summed E-state index contributed by atoms with van der Waals surface area (Å²) < 4.78 is 5.68. The van der Waals surface area contributed by atoms with Gasteiger partial charge in [-0.25, -0.2) is 0 Å². The van der Waals surface area contributed by atoms with Crippen molar-refractivity contribution in [2.75, 3.05) is 0 Å². The van der Waals surface area contributed by atoms with Crippen LogP contribution in [-0.4, -0.2) is 22.8 Å². The monoisotopic (exact) mass is 348 g/mol. The maximum atomic E-state index is 11.5. The summed E-state index contributed by atoms with van der Waals surface area (Å²) >= 11 is 0. The smallest absolute Gasteiger partial charge is 0.302 e. The van der Waals surface area contributed by atoms with Crippen molar-refractivity contribution in [3.05, 3.63) is 24.8 Å². The van der Waals surface area contributed by atoms with Crippen molar-refractivity contribution >= 4 is 5.97 Å². The highest BCUT2D eigenvalue weighted by Gasteiger charge is 2.57. The number of aliphatic hydroxyl groups is 1. The van der Waals surface area contributed by atoms with Crippen molar-refractivity contribution in [3.63, 3.8) is 0 Å². The Balaban J connectivity index is 2.26. The largest absolute Gasteiger partial charge is 0.462 e. The van der Waals surface area contributed by atoms with Crippen molar-refractivity contribution in [1.82, 2.24) is 0 Å². The molecule has 2 fully saturated rings. The lowest BCUT2D eigenvalue weighted by Crippen LogP contribution is -2.55. The molecule has 0 spiro atoms. The minimum absolute atomic E-state index is 0.00799. The number of ether oxygens (including phenoxy) is 1. The number of hydrogen-bond donors (Lipinski definition) is 1. The summed E-state index contributed by atoms with van der Waals surface area (Å²) in [5, 5.41) is 10.4. The summed E-state index contributed by atoms with van der Waals surface area (Å²) in [4.78, 5) is 11.5. The fraction of sp³-hybridized carbons (Fsp3) is 0.773. The zero-order valence-electron chi connectivity index (χ0n) is 16.7. The van der Waals surface area contributed by atoms with Crippen LogP contribution in [0.1, 0.15) is 73.1 Å². The first kappa shape index (κ1) is 20.2. The first-order chi connectivity index (χ1) is 11.4. The SMILES string of the molecule is C=C[C@@](C)(O)CC[C@H]1C(=C)CC[C@H]2C(C)(C)[C@H](OC(C)=O)CC[C@]12C. The second kappa shape index (κ2) is 6.90. The van der Waals surface area contributed by atoms with E-state index < -0.39 is 5.60 Å². The van der Waals surface area contributed by atoms with Gasteiger partial charge in [0.2, 0.25) is 0 Å². The molecule has 2 saturated carbocycles. The lowest BCUT2D eigenvalue weighted by atomic mass is 9.46. The summed E-state index contributed by atoms with van der Waals surface area (Å²) in [7, 11) is 0. The summed E-state index contributed by atoms with van der Waals surface area (Å²) in [6, 6.07) is 0. The molecule has 2 aliphatic carbocycles. The summed E-state index contributed by atoms with van der Waals surface area (Å²) in [6.45, 7) is 18.4. The molecule has 0 aliphatic heterocycles. The Morgan fingerprint density at radius 2 is 2.04 bits per heavy atom. The first-order valence-corrected chi connectivity index (χ1v) is 9.65. The maximum absolute atomic E-state index is 11.5. The Kier molecular flexibility index (Phi) is 5.59. The Bertz CT molecular complexity index is 545. The van der Waals surface area contributed by atoms with Gasteiger partial charge in [-0.15, -0.1) is 6.58 Å². The van der Waals surface area contributed by atoms with Crippen LogP contribution in [0.3, 0.4) is 0 Å². The molecular formula is C22H36O3. The maximum Gasteiger partial charge on any atom is 0.302 e. The lowest BCUT2D eigenvalue weighted by Gasteiger charge is -2.60. The van der Waals surface area contributed by atoms with Gasteiger partial charge in [0, 0.05) is 12.3 Å². The predicted octanol–water partition coefficient (Wildman–Crippen LogP) is 5.04. The van der Waals surface area contributed by atoms with E-state index in [0.29, 0.717) is 18.3 Å². The molecule has 0 heterocycles. The molecule has 0 saturated heterocycles. The molecule has 2 rings (SSSR count). The average molecular weight is 349 g/mol. The number of allylic oxidation sites excluding steroid dienone is 1. The minimum atomic E-state index is -0.825. The van der Waals surface area contributed by atoms with Crippen molar-refractivity contribution in [2.24, 2.45) is 22.7 Å². The third-order valence-corrected chi connectivity index (χ3v) is 7.20. The quantitative estimate of drug-likeness (QED) is 0.559. The van der Waals surface area contributed by atoms with E-state index in [9.17, 15) is 9.90 Å². The Hall–Kier alpha value is -1.09. The Morgan fingerprint density at radius 3 is 2.60 bits per heavy atom. The van der Waals surface area contributed by atoms with Gasteiger partial charge < -0.3 is 9.84 Å². The van der Waals surface area contributed by atoms with E-state index in [1.54, 1.807) is 6.08 Å². The molecule has 25 heavy (non-hydrogen) atoms. The van der Waals surface area contributed by atoms with Gasteiger partial charge in [-0.3, -0.25) is 4.79 Å². The number of carbonyl (C=O) groups is 1. The van der Waals surface area contributed by atoms with Crippen LogP contribution in [0.15, 0.2) is 24.8 Å². The zero-order valence-corrected chi connectivity index (χ0v) is 16.7. The summed E-state index contributed by atoms with van der Waals surface area (Å²) in [6.07, 6.45) is 7.34. The van der Waals surface area contributed by atoms with Gasteiger partial charge in [0.1, 0.15) is 6.10 Å². The van der Waals surface area contributed by atoms with Crippen LogP contribution in [0.4, 0.5) is 0 Å². The fourth-order valence-electron chi connectivity index (χ4n) is 5.64. The van der Waals surface area contributed by atoms with Crippen molar-refractivity contribution in [3.8, 4) is 0 Å². The van der Waals surface area contributed by atoms with Crippen molar-refractivity contribution in [2.45, 2.75) is 84.8 Å². The van der Waals surface area contributed by atoms with Gasteiger partial charge in [0.25, 0.3) is 0 Å². The van der Waals surface area contributed by atoms with E-state index in [0.717, 1.165) is 32.1 Å². The van der Waals surface area contributed by atoms with Gasteiger partial charge in [0.05, 0.1) is 5.60 Å². The molecule has 0 radical (unpaired) electrons. The lowest BCUT2D eigenvalue weighted by molar-refractivity contribution is -0.174. The highest BCUT2D eigenvalue weighted by molar-refractivity contribution is 5.66. The van der Waals surface area contributed by atoms with E-state index in [2.05, 4.69) is 33.9 Å². The van der Waals surface area contributed by atoms with Crippen LogP contribution in [0, 0.1) is 22.7 Å². The third kappa shape index (κ3) is 3.86. The van der Waals surface area contributed by atoms with Gasteiger partial charge in [-0.05, 0) is 62.7 Å². The highest BCUT2D eigenvalue weighted by atomic mass is 16.5. The normalized spacial score (nSPS) is 36.9. The molecule has 1 N–H and O–H groups in total. The van der Waals surface area contributed by atoms with Crippen LogP contribution >= 0.6 is 0 Å². The van der Waals surface area contributed by atoms with E-state index in [4.69, 9.17) is 4.74 Å². The first-order valence-electron chi connectivity index (χ1n) is 9.65.